The van der Waals surface area contributed by atoms with E-state index in [1.165, 1.54) is 11.1 Å². The summed E-state index contributed by atoms with van der Waals surface area (Å²) in [5, 5.41) is 2.94. The molecule has 1 aliphatic rings. The standard InChI is InChI=1S/C23H20IN5O2/c1-15-19(10-5-11-24)29(2)22(31)23(15,28-21(30)16-7-6-12-25-14-16)13-20-26-17-8-3-4-9-18(17)27-20/h3-12,14H,1,13H2,2H3,(H,26,27)(H,28,30)/b11-5-,19-10+. The van der Waals surface area contributed by atoms with Crippen LogP contribution in [0, 0.1) is 0 Å². The number of nitrogens with zero attached hydrogens (tertiary/aromatic N) is 3. The maximum atomic E-state index is 13.5. The minimum atomic E-state index is -1.37. The molecule has 7 nitrogen and oxygen atoms in total. The summed E-state index contributed by atoms with van der Waals surface area (Å²) in [5.74, 6) is -0.0950. The molecule has 31 heavy (non-hydrogen) atoms. The Bertz CT molecular complexity index is 1200. The molecule has 156 valence electrons. The second-order valence-electron chi connectivity index (χ2n) is 7.19. The van der Waals surface area contributed by atoms with Crippen LogP contribution >= 0.6 is 22.6 Å². The van der Waals surface area contributed by atoms with Gasteiger partial charge in [0, 0.05) is 37.1 Å². The van der Waals surface area contributed by atoms with Crippen LogP contribution in [0.4, 0.5) is 0 Å². The second kappa shape index (κ2) is 8.46. The third kappa shape index (κ3) is 3.78. The van der Waals surface area contributed by atoms with Crippen molar-refractivity contribution in [2.75, 3.05) is 7.05 Å². The number of imidazole rings is 1. The zero-order chi connectivity index (χ0) is 22.0. The first-order chi connectivity index (χ1) is 15.0. The fourth-order valence-corrected chi connectivity index (χ4v) is 3.95. The molecule has 1 atom stereocenters. The van der Waals surface area contributed by atoms with Crippen LogP contribution in [-0.4, -0.2) is 44.3 Å². The number of halogens is 1. The van der Waals surface area contributed by atoms with E-state index >= 15 is 0 Å². The number of carbonyl (C=O) groups is 2. The van der Waals surface area contributed by atoms with Crippen LogP contribution in [-0.2, 0) is 11.2 Å². The summed E-state index contributed by atoms with van der Waals surface area (Å²) in [7, 11) is 1.68. The number of rotatable bonds is 5. The monoisotopic (exact) mass is 525 g/mol. The van der Waals surface area contributed by atoms with Crippen molar-refractivity contribution < 1.29 is 9.59 Å². The Kier molecular flexibility index (Phi) is 5.73. The largest absolute Gasteiger partial charge is 0.342 e. The lowest BCUT2D eigenvalue weighted by Crippen LogP contribution is -2.56. The highest BCUT2D eigenvalue weighted by Gasteiger charge is 2.53. The Labute approximate surface area is 193 Å². The number of nitrogens with one attached hydrogen (secondary N) is 2. The van der Waals surface area contributed by atoms with E-state index in [1.807, 2.05) is 40.5 Å². The quantitative estimate of drug-likeness (QED) is 0.499. The molecule has 1 aliphatic heterocycles. The van der Waals surface area contributed by atoms with E-state index in [9.17, 15) is 9.59 Å². The average molecular weight is 525 g/mol. The lowest BCUT2D eigenvalue weighted by molar-refractivity contribution is -0.130. The highest BCUT2D eigenvalue weighted by Crippen LogP contribution is 2.37. The number of para-hydroxylation sites is 2. The van der Waals surface area contributed by atoms with Crippen LogP contribution in [0.2, 0.25) is 0 Å². The van der Waals surface area contributed by atoms with Gasteiger partial charge in [0.2, 0.25) is 0 Å². The molecule has 0 bridgehead atoms. The molecule has 2 aromatic heterocycles. The fraction of sp³-hybridized carbons (Fsp3) is 0.130. The van der Waals surface area contributed by atoms with Crippen molar-refractivity contribution in [1.82, 2.24) is 25.2 Å². The van der Waals surface area contributed by atoms with Crippen molar-refractivity contribution in [1.29, 1.82) is 0 Å². The predicted octanol–water partition coefficient (Wildman–Crippen LogP) is 3.53. The maximum Gasteiger partial charge on any atom is 0.257 e. The molecule has 8 heteroatoms. The lowest BCUT2D eigenvalue weighted by Gasteiger charge is -2.28. The van der Waals surface area contributed by atoms with E-state index in [-0.39, 0.29) is 12.3 Å². The zero-order valence-corrected chi connectivity index (χ0v) is 19.0. The van der Waals surface area contributed by atoms with Gasteiger partial charge in [-0.15, -0.1) is 0 Å². The van der Waals surface area contributed by atoms with E-state index in [0.29, 0.717) is 22.7 Å². The molecular weight excluding hydrogens is 505 g/mol. The number of H-pyrrole nitrogens is 1. The van der Waals surface area contributed by atoms with E-state index < -0.39 is 11.4 Å². The molecular formula is C23H20IN5O2. The first kappa shape index (κ1) is 21.0. The van der Waals surface area contributed by atoms with Crippen LogP contribution in [0.25, 0.3) is 11.0 Å². The summed E-state index contributed by atoms with van der Waals surface area (Å²) in [6.07, 6.45) is 6.83. The van der Waals surface area contributed by atoms with Gasteiger partial charge in [-0.1, -0.05) is 47.4 Å². The Morgan fingerprint density at radius 1 is 1.32 bits per heavy atom. The van der Waals surface area contributed by atoms with Gasteiger partial charge in [0.25, 0.3) is 11.8 Å². The molecule has 3 heterocycles. The van der Waals surface area contributed by atoms with Crippen LogP contribution in [0.1, 0.15) is 16.2 Å². The van der Waals surface area contributed by atoms with Crippen LogP contribution < -0.4 is 5.32 Å². The number of likely N-dealkylation sites (N-methyl/N-ethyl adjacent to an activating group) is 1. The molecule has 1 unspecified atom stereocenters. The first-order valence-electron chi connectivity index (χ1n) is 9.57. The fourth-order valence-electron chi connectivity index (χ4n) is 3.74. The van der Waals surface area contributed by atoms with Gasteiger partial charge in [-0.25, -0.2) is 4.98 Å². The van der Waals surface area contributed by atoms with Crippen LogP contribution in [0.15, 0.2) is 82.9 Å². The Hall–Kier alpha value is -3.27. The highest BCUT2D eigenvalue weighted by molar-refractivity contribution is 14.1. The van der Waals surface area contributed by atoms with Crippen molar-refractivity contribution in [2.45, 2.75) is 12.0 Å². The van der Waals surface area contributed by atoms with E-state index in [4.69, 9.17) is 0 Å². The minimum absolute atomic E-state index is 0.140. The normalized spacial score (nSPS) is 20.3. The average Bonchev–Trinajstić information content (AvgIpc) is 3.26. The number of aromatic amines is 1. The van der Waals surface area contributed by atoms with E-state index in [1.54, 1.807) is 25.4 Å². The molecule has 2 amide bonds. The molecule has 1 saturated heterocycles. The van der Waals surface area contributed by atoms with Gasteiger partial charge in [0.15, 0.2) is 5.54 Å². The van der Waals surface area contributed by atoms with Crippen molar-refractivity contribution in [3.63, 3.8) is 0 Å². The molecule has 1 fully saturated rings. The summed E-state index contributed by atoms with van der Waals surface area (Å²) in [4.78, 5) is 40.0. The number of aromatic nitrogens is 3. The zero-order valence-electron chi connectivity index (χ0n) is 16.8. The minimum Gasteiger partial charge on any atom is -0.342 e. The van der Waals surface area contributed by atoms with Crippen LogP contribution in [0.5, 0.6) is 0 Å². The number of likely N-dealkylation sites (tertiary alicyclic amines) is 1. The van der Waals surface area contributed by atoms with E-state index in [2.05, 4.69) is 49.4 Å². The second-order valence-corrected chi connectivity index (χ2v) is 7.91. The summed E-state index contributed by atoms with van der Waals surface area (Å²) >= 11 is 2.11. The Balaban J connectivity index is 1.79. The molecule has 0 radical (unpaired) electrons. The predicted molar refractivity (Wildman–Crippen MR) is 127 cm³/mol. The first-order valence-corrected chi connectivity index (χ1v) is 10.8. The van der Waals surface area contributed by atoms with Crippen molar-refractivity contribution in [3.8, 4) is 0 Å². The van der Waals surface area contributed by atoms with Crippen LogP contribution in [0.3, 0.4) is 0 Å². The molecule has 1 aromatic carbocycles. The summed E-state index contributed by atoms with van der Waals surface area (Å²) in [5.41, 5.74) is 1.78. The summed E-state index contributed by atoms with van der Waals surface area (Å²) < 4.78 is 1.84. The van der Waals surface area contributed by atoms with Gasteiger partial charge in [-0.2, -0.15) is 0 Å². The third-order valence-electron chi connectivity index (χ3n) is 5.30. The van der Waals surface area contributed by atoms with Gasteiger partial charge in [0.05, 0.1) is 16.6 Å². The lowest BCUT2D eigenvalue weighted by atomic mass is 9.87. The Morgan fingerprint density at radius 2 is 2.13 bits per heavy atom. The number of hydrogen-bond donors (Lipinski definition) is 2. The van der Waals surface area contributed by atoms with Gasteiger partial charge in [-0.3, -0.25) is 14.6 Å². The number of benzene rings is 1. The van der Waals surface area contributed by atoms with Crippen molar-refractivity contribution in [3.05, 3.63) is 94.3 Å². The number of fused-ring (bicyclic) bond motifs is 1. The number of carbonyl (C=O) groups excluding carboxylic acids is 2. The summed E-state index contributed by atoms with van der Waals surface area (Å²) in [6.45, 7) is 4.20. The molecule has 0 saturated carbocycles. The third-order valence-corrected chi connectivity index (χ3v) is 5.72. The molecule has 4 rings (SSSR count). The van der Waals surface area contributed by atoms with Crippen molar-refractivity contribution >= 4 is 45.4 Å². The highest BCUT2D eigenvalue weighted by atomic mass is 127. The van der Waals surface area contributed by atoms with Gasteiger partial charge >= 0.3 is 0 Å². The maximum absolute atomic E-state index is 13.5. The van der Waals surface area contributed by atoms with Crippen molar-refractivity contribution in [2.24, 2.45) is 0 Å². The van der Waals surface area contributed by atoms with E-state index in [0.717, 1.165) is 11.0 Å². The van der Waals surface area contributed by atoms with Gasteiger partial charge in [-0.05, 0) is 34.4 Å². The molecule has 2 N–H and O–H groups in total. The Morgan fingerprint density at radius 3 is 2.84 bits per heavy atom. The van der Waals surface area contributed by atoms with Gasteiger partial charge < -0.3 is 15.2 Å². The molecule has 0 aliphatic carbocycles. The smallest absolute Gasteiger partial charge is 0.257 e. The molecule has 3 aromatic rings. The SMILES string of the molecule is C=C1/C(=C\C=C/I)N(C)C(=O)C1(Cc1nc2ccccc2[nH]1)NC(=O)c1cccnc1. The van der Waals surface area contributed by atoms with Gasteiger partial charge in [0.1, 0.15) is 5.82 Å². The molecule has 0 spiro atoms. The number of hydrogen-bond acceptors (Lipinski definition) is 4. The number of allylic oxidation sites excluding steroid dienone is 2. The number of amides is 2. The summed E-state index contributed by atoms with van der Waals surface area (Å²) in [6, 6.07) is 10.9. The number of pyridine rings is 1. The topological polar surface area (TPSA) is 91.0 Å².